The molecule has 1 atom stereocenters. The van der Waals surface area contributed by atoms with Gasteiger partial charge in [0.15, 0.2) is 5.78 Å². The van der Waals surface area contributed by atoms with Crippen LogP contribution in [0, 0.1) is 6.92 Å². The number of carbonyl (C=O) groups is 2. The zero-order chi connectivity index (χ0) is 17.9. The number of H-pyrrole nitrogens is 1. The third-order valence-electron chi connectivity index (χ3n) is 3.94. The molecule has 0 saturated heterocycles. The molecule has 0 bridgehead atoms. The third-order valence-corrected chi connectivity index (χ3v) is 4.29. The number of halogens is 1. The predicted octanol–water partition coefficient (Wildman–Crippen LogP) is 3.20. The lowest BCUT2D eigenvalue weighted by Gasteiger charge is -2.13. The molecule has 1 aromatic carbocycles. The normalized spacial score (nSPS) is 12.0. The van der Waals surface area contributed by atoms with Crippen molar-refractivity contribution in [1.82, 2.24) is 10.3 Å². The number of hydrogen-bond acceptors (Lipinski definition) is 3. The molecule has 1 unspecified atom stereocenters. The van der Waals surface area contributed by atoms with E-state index >= 15 is 0 Å². The van der Waals surface area contributed by atoms with Crippen LogP contribution in [0.2, 0.25) is 5.02 Å². The number of amides is 1. The Kier molecular flexibility index (Phi) is 5.80. The summed E-state index contributed by atoms with van der Waals surface area (Å²) in [7, 11) is 0. The van der Waals surface area contributed by atoms with E-state index in [2.05, 4.69) is 10.3 Å². The van der Waals surface area contributed by atoms with Gasteiger partial charge in [0.25, 0.3) is 5.91 Å². The first-order chi connectivity index (χ1) is 11.4. The van der Waals surface area contributed by atoms with Gasteiger partial charge in [-0.1, -0.05) is 36.7 Å². The number of ketones is 1. The minimum absolute atomic E-state index is 0.0270. The quantitative estimate of drug-likeness (QED) is 0.701. The van der Waals surface area contributed by atoms with Gasteiger partial charge in [0.1, 0.15) is 5.69 Å². The summed E-state index contributed by atoms with van der Waals surface area (Å²) in [5.74, 6) is -0.427. The van der Waals surface area contributed by atoms with Gasteiger partial charge in [0, 0.05) is 28.4 Å². The highest BCUT2D eigenvalue weighted by molar-refractivity contribution is 6.31. The topological polar surface area (TPSA) is 82.2 Å². The van der Waals surface area contributed by atoms with E-state index in [9.17, 15) is 14.7 Å². The molecule has 2 aromatic rings. The van der Waals surface area contributed by atoms with E-state index in [1.807, 2.05) is 6.92 Å². The highest BCUT2D eigenvalue weighted by atomic mass is 35.5. The van der Waals surface area contributed by atoms with Gasteiger partial charge in [-0.25, -0.2) is 0 Å². The highest BCUT2D eigenvalue weighted by Gasteiger charge is 2.22. The molecule has 0 fully saturated rings. The van der Waals surface area contributed by atoms with E-state index in [-0.39, 0.29) is 18.2 Å². The lowest BCUT2D eigenvalue weighted by atomic mass is 10.0. The molecule has 128 valence electrons. The number of aromatic amines is 1. The number of aryl methyl sites for hydroxylation is 1. The molecule has 6 heteroatoms. The minimum atomic E-state index is -0.906. The molecule has 5 nitrogen and oxygen atoms in total. The Morgan fingerprint density at radius 3 is 2.58 bits per heavy atom. The third kappa shape index (κ3) is 3.68. The van der Waals surface area contributed by atoms with E-state index in [4.69, 9.17) is 11.6 Å². The van der Waals surface area contributed by atoms with Crippen molar-refractivity contribution in [1.29, 1.82) is 0 Å². The Balaban J connectivity index is 2.15. The van der Waals surface area contributed by atoms with E-state index in [0.29, 0.717) is 39.5 Å². The molecule has 2 rings (SSSR count). The molecule has 0 saturated carbocycles. The van der Waals surface area contributed by atoms with Crippen molar-refractivity contribution in [2.75, 3.05) is 6.54 Å². The molecule has 0 spiro atoms. The number of hydrogen-bond donors (Lipinski definition) is 3. The summed E-state index contributed by atoms with van der Waals surface area (Å²) in [6.45, 7) is 5.17. The maximum atomic E-state index is 12.4. The van der Waals surface area contributed by atoms with Gasteiger partial charge in [-0.05, 0) is 31.9 Å². The summed E-state index contributed by atoms with van der Waals surface area (Å²) in [6.07, 6.45) is -0.342. The van der Waals surface area contributed by atoms with Crippen molar-refractivity contribution in [3.05, 3.63) is 57.4 Å². The van der Waals surface area contributed by atoms with Crippen molar-refractivity contribution in [2.45, 2.75) is 33.3 Å². The van der Waals surface area contributed by atoms with Crippen molar-refractivity contribution < 1.29 is 14.7 Å². The van der Waals surface area contributed by atoms with Crippen LogP contribution in [0.25, 0.3) is 0 Å². The molecule has 1 heterocycles. The van der Waals surface area contributed by atoms with Crippen LogP contribution >= 0.6 is 11.6 Å². The van der Waals surface area contributed by atoms with Crippen LogP contribution in [-0.2, 0) is 6.42 Å². The number of Topliss-reactive ketones (excluding diaryl/α,β-unsaturated/α-hetero) is 1. The van der Waals surface area contributed by atoms with E-state index in [1.54, 1.807) is 31.2 Å². The van der Waals surface area contributed by atoms with Gasteiger partial charge in [-0.2, -0.15) is 0 Å². The predicted molar refractivity (Wildman–Crippen MR) is 93.7 cm³/mol. The Bertz CT molecular complexity index is 768. The van der Waals surface area contributed by atoms with Gasteiger partial charge < -0.3 is 15.4 Å². The molecular formula is C18H21ClN2O3. The SMILES string of the molecule is CCc1c(C(=O)NCC(O)c2ccccc2Cl)[nH]c(C)c1C(C)=O. The summed E-state index contributed by atoms with van der Waals surface area (Å²) < 4.78 is 0. The van der Waals surface area contributed by atoms with Crippen LogP contribution in [0.15, 0.2) is 24.3 Å². The second kappa shape index (κ2) is 7.64. The maximum absolute atomic E-state index is 12.4. The first-order valence-electron chi connectivity index (χ1n) is 7.79. The van der Waals surface area contributed by atoms with E-state index in [1.165, 1.54) is 6.92 Å². The molecule has 0 aliphatic carbocycles. The number of benzene rings is 1. The number of nitrogens with one attached hydrogen (secondary N) is 2. The smallest absolute Gasteiger partial charge is 0.268 e. The monoisotopic (exact) mass is 348 g/mol. The Hall–Kier alpha value is -2.11. The summed E-state index contributed by atoms with van der Waals surface area (Å²) in [6, 6.07) is 6.94. The lowest BCUT2D eigenvalue weighted by molar-refractivity contribution is 0.0911. The molecule has 1 aromatic heterocycles. The van der Waals surface area contributed by atoms with Gasteiger partial charge >= 0.3 is 0 Å². The molecule has 24 heavy (non-hydrogen) atoms. The van der Waals surface area contributed by atoms with E-state index in [0.717, 1.165) is 0 Å². The summed E-state index contributed by atoms with van der Waals surface area (Å²) in [5.41, 5.74) is 2.86. The summed E-state index contributed by atoms with van der Waals surface area (Å²) in [4.78, 5) is 27.2. The van der Waals surface area contributed by atoms with Crippen LogP contribution in [0.1, 0.15) is 57.6 Å². The van der Waals surface area contributed by atoms with Crippen molar-refractivity contribution in [3.8, 4) is 0 Å². The zero-order valence-electron chi connectivity index (χ0n) is 13.9. The standard InChI is InChI=1S/C18H21ClN2O3/c1-4-12-16(11(3)22)10(2)21-17(12)18(24)20-9-15(23)13-7-5-6-8-14(13)19/h5-8,15,21,23H,4,9H2,1-3H3,(H,20,24). The van der Waals surface area contributed by atoms with Crippen LogP contribution < -0.4 is 5.32 Å². The number of aliphatic hydroxyl groups excluding tert-OH is 1. The van der Waals surface area contributed by atoms with Crippen molar-refractivity contribution in [2.24, 2.45) is 0 Å². The van der Waals surface area contributed by atoms with Gasteiger partial charge in [0.2, 0.25) is 0 Å². The summed E-state index contributed by atoms with van der Waals surface area (Å²) >= 11 is 6.04. The second-order valence-electron chi connectivity index (χ2n) is 5.64. The Morgan fingerprint density at radius 1 is 1.33 bits per heavy atom. The molecule has 3 N–H and O–H groups in total. The molecule has 0 radical (unpaired) electrons. The van der Waals surface area contributed by atoms with E-state index < -0.39 is 6.10 Å². The first kappa shape index (κ1) is 18.2. The first-order valence-corrected chi connectivity index (χ1v) is 8.17. The molecular weight excluding hydrogens is 328 g/mol. The summed E-state index contributed by atoms with van der Waals surface area (Å²) in [5, 5.41) is 13.3. The number of rotatable bonds is 6. The average Bonchev–Trinajstić information content (AvgIpc) is 2.89. The minimum Gasteiger partial charge on any atom is -0.387 e. The van der Waals surface area contributed by atoms with Gasteiger partial charge in [-0.15, -0.1) is 0 Å². The lowest BCUT2D eigenvalue weighted by Crippen LogP contribution is -2.29. The van der Waals surface area contributed by atoms with Crippen LogP contribution in [0.3, 0.4) is 0 Å². The highest BCUT2D eigenvalue weighted by Crippen LogP contribution is 2.23. The number of aliphatic hydroxyl groups is 1. The largest absolute Gasteiger partial charge is 0.387 e. The van der Waals surface area contributed by atoms with Crippen molar-refractivity contribution in [3.63, 3.8) is 0 Å². The molecule has 1 amide bonds. The fourth-order valence-corrected chi connectivity index (χ4v) is 3.10. The maximum Gasteiger partial charge on any atom is 0.268 e. The van der Waals surface area contributed by atoms with Crippen LogP contribution in [0.5, 0.6) is 0 Å². The fourth-order valence-electron chi connectivity index (χ4n) is 2.83. The second-order valence-corrected chi connectivity index (χ2v) is 6.04. The Morgan fingerprint density at radius 2 is 2.00 bits per heavy atom. The molecule has 0 aliphatic heterocycles. The number of carbonyl (C=O) groups excluding carboxylic acids is 2. The van der Waals surface area contributed by atoms with Gasteiger partial charge in [0.05, 0.1) is 6.10 Å². The van der Waals surface area contributed by atoms with Crippen LogP contribution in [-0.4, -0.2) is 28.3 Å². The Labute approximate surface area is 146 Å². The number of aromatic nitrogens is 1. The average molecular weight is 349 g/mol. The van der Waals surface area contributed by atoms with Crippen molar-refractivity contribution >= 4 is 23.3 Å². The fraction of sp³-hybridized carbons (Fsp3) is 0.333. The zero-order valence-corrected chi connectivity index (χ0v) is 14.7. The van der Waals surface area contributed by atoms with Crippen LogP contribution in [0.4, 0.5) is 0 Å². The van der Waals surface area contributed by atoms with Gasteiger partial charge in [-0.3, -0.25) is 9.59 Å². The molecule has 0 aliphatic rings.